The maximum atomic E-state index is 14.1. The van der Waals surface area contributed by atoms with Crippen molar-refractivity contribution in [2.45, 2.75) is 200 Å². The van der Waals surface area contributed by atoms with E-state index in [4.69, 9.17) is 9.47 Å². The van der Waals surface area contributed by atoms with Crippen LogP contribution in [0.5, 0.6) is 11.5 Å². The van der Waals surface area contributed by atoms with Gasteiger partial charge in [0.2, 0.25) is 5.91 Å². The number of nitrogens with zero attached hydrogens (tertiary/aromatic N) is 1. The summed E-state index contributed by atoms with van der Waals surface area (Å²) in [6.45, 7) is 13.2. The molecule has 4 saturated carbocycles. The molecule has 0 N–H and O–H groups in total. The lowest BCUT2D eigenvalue weighted by atomic mass is 9.43. The van der Waals surface area contributed by atoms with Crippen LogP contribution in [-0.2, 0) is 4.79 Å². The molecule has 0 aromatic heterocycles. The van der Waals surface area contributed by atoms with Crippen LogP contribution in [0.15, 0.2) is 48.5 Å². The van der Waals surface area contributed by atoms with Crippen molar-refractivity contribution in [1.29, 1.82) is 0 Å². The number of ketones is 2. The molecule has 1 amide bonds. The molecule has 6 nitrogen and oxygen atoms in total. The summed E-state index contributed by atoms with van der Waals surface area (Å²) < 4.78 is 92.6. The summed E-state index contributed by atoms with van der Waals surface area (Å²) in [6.07, 6.45) is 12.6. The average molecular weight is 960 g/mol. The second-order valence-corrected chi connectivity index (χ2v) is 21.7. The Kier molecular flexibility index (Phi) is 18.6. The number of hydrogen-bond donors (Lipinski definition) is 0. The third-order valence-corrected chi connectivity index (χ3v) is 17.5. The Morgan fingerprint density at radius 3 is 1.69 bits per heavy atom. The highest BCUT2D eigenvalue weighted by molar-refractivity contribution is 6.00. The van der Waals surface area contributed by atoms with Crippen LogP contribution in [-0.4, -0.2) is 60.0 Å². The van der Waals surface area contributed by atoms with Crippen LogP contribution in [0.1, 0.15) is 197 Å². The van der Waals surface area contributed by atoms with E-state index in [1.165, 1.54) is 99.9 Å². The molecular formula is C56H79F6NO5. The average Bonchev–Trinajstić information content (AvgIpc) is 3.67. The number of unbranched alkanes of at least 4 members (excludes halogenated alkanes) is 10. The van der Waals surface area contributed by atoms with Gasteiger partial charge in [0.05, 0.1) is 6.10 Å². The first-order valence-corrected chi connectivity index (χ1v) is 26.3. The van der Waals surface area contributed by atoms with Crippen molar-refractivity contribution in [3.63, 3.8) is 0 Å². The van der Waals surface area contributed by atoms with Gasteiger partial charge >= 0.3 is 12.4 Å². The van der Waals surface area contributed by atoms with Gasteiger partial charge in [-0.1, -0.05) is 98.8 Å². The molecule has 2 aromatic carbocycles. The molecule has 7 unspecified atom stereocenters. The predicted octanol–water partition coefficient (Wildman–Crippen LogP) is 15.6. The molecule has 0 aliphatic heterocycles. The summed E-state index contributed by atoms with van der Waals surface area (Å²) in [7, 11) is 0. The van der Waals surface area contributed by atoms with Crippen molar-refractivity contribution in [2.24, 2.45) is 46.3 Å². The van der Waals surface area contributed by atoms with E-state index in [0.29, 0.717) is 41.6 Å². The number of carbonyl (C=O) groups excluding carboxylic acids is 3. The lowest BCUT2D eigenvalue weighted by molar-refractivity contribution is -0.167. The zero-order valence-corrected chi connectivity index (χ0v) is 41.5. The minimum atomic E-state index is -4.98. The molecule has 6 rings (SSSR count). The summed E-state index contributed by atoms with van der Waals surface area (Å²) >= 11 is 0. The molecule has 0 saturated heterocycles. The molecule has 0 spiro atoms. The number of alkyl halides is 6. The molecule has 0 bridgehead atoms. The van der Waals surface area contributed by atoms with Crippen LogP contribution in [0.3, 0.4) is 0 Å². The summed E-state index contributed by atoms with van der Waals surface area (Å²) in [5.74, 6) is -0.664. The number of ether oxygens (including phenoxy) is 2. The zero-order chi connectivity index (χ0) is 49.3. The van der Waals surface area contributed by atoms with E-state index < -0.39 is 35.0 Å². The largest absolute Gasteiger partial charge is 0.490 e. The SMILES string of the molecule is CCCCCCCCN(CCCCCCCC)C(=O)CC[C@@H](C)C1CCC2C3CCC4CC(Oc5ccc(C(=O)C(F)(F)F)cc5)CC[C@]4(C)C3CC(Oc3ccc(C(=O)C(F)(F)F)cc3)[C@@]21C. The molecule has 12 heteroatoms. The van der Waals surface area contributed by atoms with Crippen LogP contribution >= 0.6 is 0 Å². The fourth-order valence-corrected chi connectivity index (χ4v) is 13.7. The number of amides is 1. The van der Waals surface area contributed by atoms with Crippen molar-refractivity contribution in [3.05, 3.63) is 59.7 Å². The number of Topliss-reactive ketones (excluding diaryl/α,β-unsaturated/α-hetero) is 2. The molecule has 0 heterocycles. The number of hydrogen-bond acceptors (Lipinski definition) is 5. The minimum Gasteiger partial charge on any atom is -0.490 e. The predicted molar refractivity (Wildman–Crippen MR) is 255 cm³/mol. The number of benzene rings is 2. The molecule has 380 valence electrons. The highest BCUT2D eigenvalue weighted by Crippen LogP contribution is 2.69. The highest BCUT2D eigenvalue weighted by atomic mass is 19.4. The normalized spacial score (nSPS) is 28.5. The van der Waals surface area contributed by atoms with E-state index in [-0.39, 0.29) is 40.8 Å². The second-order valence-electron chi connectivity index (χ2n) is 21.7. The van der Waals surface area contributed by atoms with Crippen molar-refractivity contribution >= 4 is 17.5 Å². The van der Waals surface area contributed by atoms with E-state index in [1.54, 1.807) is 0 Å². The van der Waals surface area contributed by atoms with Gasteiger partial charge in [-0.3, -0.25) is 14.4 Å². The van der Waals surface area contributed by atoms with Gasteiger partial charge in [0.25, 0.3) is 11.6 Å². The quantitative estimate of drug-likeness (QED) is 0.0595. The van der Waals surface area contributed by atoms with Gasteiger partial charge < -0.3 is 14.4 Å². The molecule has 2 aromatic rings. The Bertz CT molecular complexity index is 1920. The molecule has 0 radical (unpaired) electrons. The van der Waals surface area contributed by atoms with Gasteiger partial charge in [0, 0.05) is 36.1 Å². The molecule has 68 heavy (non-hydrogen) atoms. The number of rotatable bonds is 24. The van der Waals surface area contributed by atoms with E-state index in [2.05, 4.69) is 39.5 Å². The van der Waals surface area contributed by atoms with Crippen LogP contribution in [0.25, 0.3) is 0 Å². The first-order chi connectivity index (χ1) is 32.3. The van der Waals surface area contributed by atoms with Crippen LogP contribution < -0.4 is 9.47 Å². The first-order valence-electron chi connectivity index (χ1n) is 26.3. The lowest BCUT2D eigenvalue weighted by Crippen LogP contribution is -2.60. The maximum Gasteiger partial charge on any atom is 0.454 e. The highest BCUT2D eigenvalue weighted by Gasteiger charge is 2.65. The van der Waals surface area contributed by atoms with Crippen molar-refractivity contribution < 1.29 is 50.2 Å². The van der Waals surface area contributed by atoms with E-state index in [9.17, 15) is 40.7 Å². The maximum absolute atomic E-state index is 14.1. The summed E-state index contributed by atoms with van der Waals surface area (Å²) in [5, 5.41) is 0. The lowest BCUT2D eigenvalue weighted by Gasteiger charge is -2.63. The Hall–Kier alpha value is -3.57. The Balaban J connectivity index is 1.17. The van der Waals surface area contributed by atoms with Gasteiger partial charge in [-0.05, 0) is 160 Å². The first kappa shape index (κ1) is 53.8. The fraction of sp³-hybridized carbons (Fsp3) is 0.732. The number of halogens is 6. The Morgan fingerprint density at radius 1 is 0.647 bits per heavy atom. The number of fused-ring (bicyclic) bond motifs is 5. The molecule has 4 fully saturated rings. The van der Waals surface area contributed by atoms with Gasteiger partial charge in [-0.2, -0.15) is 26.3 Å². The second kappa shape index (κ2) is 23.6. The molecule has 4 aliphatic rings. The molecular weight excluding hydrogens is 881 g/mol. The van der Waals surface area contributed by atoms with E-state index >= 15 is 0 Å². The summed E-state index contributed by atoms with van der Waals surface area (Å²) in [4.78, 5) is 40.1. The van der Waals surface area contributed by atoms with E-state index in [1.807, 2.05) is 0 Å². The van der Waals surface area contributed by atoms with Gasteiger partial charge in [-0.25, -0.2) is 0 Å². The molecule has 4 aliphatic carbocycles. The third kappa shape index (κ3) is 12.8. The minimum absolute atomic E-state index is 0.0384. The van der Waals surface area contributed by atoms with Crippen molar-refractivity contribution in [1.82, 2.24) is 4.90 Å². The Morgan fingerprint density at radius 2 is 1.16 bits per heavy atom. The van der Waals surface area contributed by atoms with Crippen LogP contribution in [0.2, 0.25) is 0 Å². The van der Waals surface area contributed by atoms with Gasteiger partial charge in [0.1, 0.15) is 17.6 Å². The third-order valence-electron chi connectivity index (χ3n) is 17.5. The van der Waals surface area contributed by atoms with Crippen LogP contribution in [0.4, 0.5) is 26.3 Å². The van der Waals surface area contributed by atoms with Gasteiger partial charge in [0.15, 0.2) is 0 Å². The van der Waals surface area contributed by atoms with E-state index in [0.717, 1.165) is 96.6 Å². The fourth-order valence-electron chi connectivity index (χ4n) is 13.7. The topological polar surface area (TPSA) is 72.9 Å². The zero-order valence-electron chi connectivity index (χ0n) is 41.5. The monoisotopic (exact) mass is 960 g/mol. The summed E-state index contributed by atoms with van der Waals surface area (Å²) in [5.41, 5.74) is -1.15. The molecule has 10 atom stereocenters. The van der Waals surface area contributed by atoms with Crippen molar-refractivity contribution in [2.75, 3.05) is 13.1 Å². The van der Waals surface area contributed by atoms with Crippen molar-refractivity contribution in [3.8, 4) is 11.5 Å². The van der Waals surface area contributed by atoms with Gasteiger partial charge in [-0.15, -0.1) is 0 Å². The Labute approximate surface area is 402 Å². The standard InChI is InChI=1S/C56H79F6NO5/c1-6-8-10-12-14-16-34-63(35-17-15-13-11-9-7-2)50(64)31-18-38(3)46-29-30-47-45-28-23-41-36-44(67-42-24-19-39(20-25-42)51(65)55(57,58)59)32-33-53(41,4)48(45)37-49(54(46,47)5)68-43-26-21-40(22-27-43)52(66)56(60,61)62/h19-22,24-27,38,41,44-49H,6-18,23,28-37H2,1-5H3/t38-,41?,44?,45?,46?,47?,48?,49?,53+,54-/m1/s1. The smallest absolute Gasteiger partial charge is 0.454 e. The van der Waals surface area contributed by atoms with Crippen LogP contribution in [0, 0.1) is 46.3 Å². The summed E-state index contributed by atoms with van der Waals surface area (Å²) in [6, 6.07) is 10.6. The number of carbonyl (C=O) groups is 3.